The second kappa shape index (κ2) is 21.9. The molecule has 0 aromatic rings. The zero-order valence-corrected chi connectivity index (χ0v) is 21.8. The lowest BCUT2D eigenvalue weighted by molar-refractivity contribution is -0.117. The van der Waals surface area contributed by atoms with E-state index in [-0.39, 0.29) is 35.4 Å². The highest BCUT2D eigenvalue weighted by Crippen LogP contribution is 2.07. The van der Waals surface area contributed by atoms with Gasteiger partial charge in [0.15, 0.2) is 0 Å². The molecule has 0 atom stereocenters. The number of hydrogen-bond donors (Lipinski definition) is 5. The topological polar surface area (TPSA) is 146 Å². The zero-order chi connectivity index (χ0) is 25.7. The molecule has 0 aliphatic carbocycles. The SMILES string of the molecule is CC(C)C.CC(C)C.CC(C)C.O=C1CNC(=O)N1.O=C1CNC(=O)S1.O=C1NCCN1. The van der Waals surface area contributed by atoms with Crippen molar-refractivity contribution in [2.24, 2.45) is 17.8 Å². The Hall–Kier alpha value is -2.30. The molecule has 10 nitrogen and oxygen atoms in total. The van der Waals surface area contributed by atoms with Crippen molar-refractivity contribution in [3.05, 3.63) is 0 Å². The van der Waals surface area contributed by atoms with E-state index in [1.165, 1.54) is 0 Å². The van der Waals surface area contributed by atoms with Gasteiger partial charge in [-0.15, -0.1) is 0 Å². The monoisotopic (exact) mass is 477 g/mol. The number of rotatable bonds is 0. The summed E-state index contributed by atoms with van der Waals surface area (Å²) >= 11 is 0.731. The summed E-state index contributed by atoms with van der Waals surface area (Å²) in [6.45, 7) is 21.4. The van der Waals surface area contributed by atoms with Crippen LogP contribution in [-0.4, -0.2) is 54.5 Å². The number of hydrogen-bond acceptors (Lipinski definition) is 6. The number of carbonyl (C=O) groups excluding carboxylic acids is 5. The van der Waals surface area contributed by atoms with Crippen LogP contribution in [0, 0.1) is 17.8 Å². The van der Waals surface area contributed by atoms with Crippen LogP contribution < -0.4 is 26.6 Å². The van der Waals surface area contributed by atoms with Crippen LogP contribution in [0.25, 0.3) is 0 Å². The van der Waals surface area contributed by atoms with E-state index >= 15 is 0 Å². The smallest absolute Gasteiger partial charge is 0.321 e. The number of urea groups is 2. The maximum Gasteiger partial charge on any atom is 0.321 e. The van der Waals surface area contributed by atoms with Crippen molar-refractivity contribution in [3.8, 4) is 0 Å². The Kier molecular flexibility index (Phi) is 23.5. The Morgan fingerprint density at radius 3 is 1.09 bits per heavy atom. The van der Waals surface area contributed by atoms with Gasteiger partial charge in [-0.05, 0) is 17.8 Å². The Morgan fingerprint density at radius 1 is 0.594 bits per heavy atom. The molecule has 0 saturated carbocycles. The molecule has 0 spiro atoms. The molecule has 0 unspecified atom stereocenters. The number of imide groups is 1. The predicted molar refractivity (Wildman–Crippen MR) is 130 cm³/mol. The molecule has 0 radical (unpaired) electrons. The molecule has 6 amide bonds. The first-order valence-corrected chi connectivity index (χ1v) is 11.6. The number of carbonyl (C=O) groups is 5. The fraction of sp³-hybridized carbons (Fsp3) is 0.762. The minimum atomic E-state index is -0.398. The van der Waals surface area contributed by atoms with Gasteiger partial charge >= 0.3 is 12.1 Å². The van der Waals surface area contributed by atoms with Crippen LogP contribution in [0.5, 0.6) is 0 Å². The van der Waals surface area contributed by atoms with Crippen molar-refractivity contribution < 1.29 is 24.0 Å². The van der Waals surface area contributed by atoms with Crippen molar-refractivity contribution >= 4 is 40.1 Å². The summed E-state index contributed by atoms with van der Waals surface area (Å²) in [5, 5.41) is 11.5. The van der Waals surface area contributed by atoms with Gasteiger partial charge in [0.1, 0.15) is 0 Å². The average Bonchev–Trinajstić information content (AvgIpc) is 3.32. The first-order valence-electron chi connectivity index (χ1n) is 10.7. The fourth-order valence-corrected chi connectivity index (χ4v) is 1.61. The number of thioether (sulfide) groups is 1. The van der Waals surface area contributed by atoms with Crippen molar-refractivity contribution in [1.29, 1.82) is 0 Å². The van der Waals surface area contributed by atoms with Crippen LogP contribution in [0.2, 0.25) is 0 Å². The highest BCUT2D eigenvalue weighted by Gasteiger charge is 2.17. The highest BCUT2D eigenvalue weighted by atomic mass is 32.2. The largest absolute Gasteiger partial charge is 0.339 e. The van der Waals surface area contributed by atoms with Gasteiger partial charge in [0.25, 0.3) is 5.24 Å². The second-order valence-electron chi connectivity index (χ2n) is 8.72. The molecule has 5 N–H and O–H groups in total. The van der Waals surface area contributed by atoms with E-state index < -0.39 is 6.03 Å². The van der Waals surface area contributed by atoms with Crippen LogP contribution >= 0.6 is 11.8 Å². The molecule has 3 aliphatic rings. The molecule has 0 bridgehead atoms. The van der Waals surface area contributed by atoms with Gasteiger partial charge in [-0.2, -0.15) is 0 Å². The quantitative estimate of drug-likeness (QED) is 0.339. The average molecular weight is 478 g/mol. The van der Waals surface area contributed by atoms with Gasteiger partial charge in [-0.3, -0.25) is 19.7 Å². The van der Waals surface area contributed by atoms with E-state index in [4.69, 9.17) is 0 Å². The molecule has 0 aromatic carbocycles. The lowest BCUT2D eigenvalue weighted by atomic mass is 10.3. The minimum Gasteiger partial charge on any atom is -0.339 e. The van der Waals surface area contributed by atoms with Crippen LogP contribution in [0.15, 0.2) is 0 Å². The third-order valence-electron chi connectivity index (χ3n) is 1.94. The van der Waals surface area contributed by atoms with Crippen molar-refractivity contribution in [2.75, 3.05) is 26.2 Å². The van der Waals surface area contributed by atoms with E-state index in [2.05, 4.69) is 83.6 Å². The molecule has 0 aromatic heterocycles. The summed E-state index contributed by atoms with van der Waals surface area (Å²) in [5.74, 6) is 2.24. The summed E-state index contributed by atoms with van der Waals surface area (Å²) in [7, 11) is 0. The van der Waals surface area contributed by atoms with E-state index in [1.54, 1.807) is 0 Å². The molecule has 32 heavy (non-hydrogen) atoms. The molecule has 3 saturated heterocycles. The van der Waals surface area contributed by atoms with Gasteiger partial charge in [0, 0.05) is 24.9 Å². The molecule has 3 fully saturated rings. The Balaban J connectivity index is -0.000000323. The lowest BCUT2D eigenvalue weighted by Crippen LogP contribution is -2.22. The molecular weight excluding hydrogens is 434 g/mol. The minimum absolute atomic E-state index is 0.0463. The normalized spacial score (nSPS) is 15.6. The lowest BCUT2D eigenvalue weighted by Gasteiger charge is -1.80. The van der Waals surface area contributed by atoms with Gasteiger partial charge in [0.05, 0.1) is 13.1 Å². The van der Waals surface area contributed by atoms with Crippen molar-refractivity contribution in [2.45, 2.75) is 62.3 Å². The first-order chi connectivity index (χ1) is 14.7. The Morgan fingerprint density at radius 2 is 1.00 bits per heavy atom. The molecular formula is C21H43N5O5S. The molecule has 3 heterocycles. The predicted octanol–water partition coefficient (Wildman–Crippen LogP) is 3.08. The summed E-state index contributed by atoms with van der Waals surface area (Å²) in [5.41, 5.74) is 0. The molecule has 11 heteroatoms. The number of nitrogens with one attached hydrogen (secondary N) is 5. The summed E-state index contributed by atoms with van der Waals surface area (Å²) < 4.78 is 0. The van der Waals surface area contributed by atoms with Crippen molar-refractivity contribution in [1.82, 2.24) is 26.6 Å². The maximum atomic E-state index is 10.1. The third-order valence-corrected chi connectivity index (χ3v) is 2.64. The number of amides is 6. The fourth-order valence-electron chi connectivity index (χ4n) is 1.11. The van der Waals surface area contributed by atoms with E-state index in [9.17, 15) is 24.0 Å². The summed E-state index contributed by atoms with van der Waals surface area (Å²) in [6.07, 6.45) is 0. The first kappa shape index (κ1) is 34.3. The second-order valence-corrected chi connectivity index (χ2v) is 9.76. The van der Waals surface area contributed by atoms with Gasteiger partial charge in [-0.1, -0.05) is 62.3 Å². The van der Waals surface area contributed by atoms with E-state index in [1.807, 2.05) is 5.32 Å². The molecule has 3 rings (SSSR count). The highest BCUT2D eigenvalue weighted by molar-refractivity contribution is 8.26. The van der Waals surface area contributed by atoms with Gasteiger partial charge in [0.2, 0.25) is 11.0 Å². The summed E-state index contributed by atoms with van der Waals surface area (Å²) in [6, 6.07) is -0.444. The van der Waals surface area contributed by atoms with Crippen LogP contribution in [0.4, 0.5) is 14.4 Å². The third kappa shape index (κ3) is 38.3. The standard InChI is InChI=1S/3C4H10.C3H4N2O2.C3H6N2O.C3H3NO2S/c3*1-4(2)3;6-2-1-4-3(7)5-2;6-3-4-1-2-5-3;5-2-1-4-3(6)7-2/h3*4H,1-3H3;1H2,(H2,4,5,6,7);1-2H2,(H2,4,5,6);1H2,(H,4,6). The van der Waals surface area contributed by atoms with Crippen molar-refractivity contribution in [3.63, 3.8) is 0 Å². The van der Waals surface area contributed by atoms with Gasteiger partial charge in [-0.25, -0.2) is 9.59 Å². The maximum absolute atomic E-state index is 10.1. The van der Waals surface area contributed by atoms with E-state index in [0.717, 1.165) is 42.6 Å². The Labute approximate surface area is 197 Å². The van der Waals surface area contributed by atoms with E-state index in [0.29, 0.717) is 0 Å². The van der Waals surface area contributed by atoms with Crippen LogP contribution in [-0.2, 0) is 9.59 Å². The molecule has 3 aliphatic heterocycles. The van der Waals surface area contributed by atoms with Crippen LogP contribution in [0.3, 0.4) is 0 Å². The van der Waals surface area contributed by atoms with Gasteiger partial charge < -0.3 is 21.3 Å². The molecule has 188 valence electrons. The zero-order valence-electron chi connectivity index (χ0n) is 21.0. The summed E-state index contributed by atoms with van der Waals surface area (Å²) in [4.78, 5) is 50.3. The van der Waals surface area contributed by atoms with Crippen LogP contribution in [0.1, 0.15) is 62.3 Å². The Bertz CT molecular complexity index is 480.